The van der Waals surface area contributed by atoms with Gasteiger partial charge in [0.25, 0.3) is 0 Å². The second-order valence-corrected chi connectivity index (χ2v) is 13.7. The molecule has 10 aromatic rings. The Balaban J connectivity index is 1.02. The molecule has 10 rings (SSSR count). The van der Waals surface area contributed by atoms with Crippen molar-refractivity contribution < 1.29 is 0 Å². The summed E-state index contributed by atoms with van der Waals surface area (Å²) in [5, 5.41) is 7.58. The van der Waals surface area contributed by atoms with Crippen LogP contribution in [0.2, 0.25) is 0 Å². The summed E-state index contributed by atoms with van der Waals surface area (Å²) in [4.78, 5) is 0. The van der Waals surface area contributed by atoms with Crippen LogP contribution in [0.3, 0.4) is 0 Å². The second kappa shape index (κ2) is 13.0. The van der Waals surface area contributed by atoms with Crippen molar-refractivity contribution >= 4 is 55.5 Å². The molecule has 1 heteroatoms. The van der Waals surface area contributed by atoms with Crippen LogP contribution >= 0.6 is 0 Å². The van der Waals surface area contributed by atoms with Crippen molar-refractivity contribution in [1.82, 2.24) is 4.57 Å². The van der Waals surface area contributed by atoms with Crippen LogP contribution in [-0.2, 0) is 0 Å². The van der Waals surface area contributed by atoms with Crippen LogP contribution in [0.4, 0.5) is 0 Å². The highest BCUT2D eigenvalue weighted by Crippen LogP contribution is 2.44. The predicted molar refractivity (Wildman–Crippen MR) is 227 cm³/mol. The summed E-state index contributed by atoms with van der Waals surface area (Å²) in [7, 11) is 0. The lowest BCUT2D eigenvalue weighted by molar-refractivity contribution is 1.18. The van der Waals surface area contributed by atoms with Crippen molar-refractivity contribution in [3.05, 3.63) is 211 Å². The number of hydrogen-bond acceptors (Lipinski definition) is 0. The van der Waals surface area contributed by atoms with E-state index in [9.17, 15) is 0 Å². The van der Waals surface area contributed by atoms with Gasteiger partial charge in [-0.3, -0.25) is 0 Å². The number of rotatable bonds is 6. The molecule has 0 aliphatic carbocycles. The number of fused-ring (bicyclic) bond motifs is 5. The van der Waals surface area contributed by atoms with Gasteiger partial charge in [-0.25, -0.2) is 0 Å². The molecule has 0 fully saturated rings. The summed E-state index contributed by atoms with van der Waals surface area (Å²) in [5.41, 5.74) is 13.4. The van der Waals surface area contributed by atoms with E-state index in [4.69, 9.17) is 0 Å². The Bertz CT molecular complexity index is 2840. The molecule has 1 nitrogen and oxygen atoms in total. The Kier molecular flexibility index (Phi) is 7.55. The van der Waals surface area contributed by atoms with E-state index in [2.05, 4.69) is 217 Å². The zero-order valence-corrected chi connectivity index (χ0v) is 29.2. The second-order valence-electron chi connectivity index (χ2n) is 13.7. The van der Waals surface area contributed by atoms with Crippen LogP contribution < -0.4 is 0 Å². The lowest BCUT2D eigenvalue weighted by Gasteiger charge is -2.18. The highest BCUT2D eigenvalue weighted by atomic mass is 15.0. The van der Waals surface area contributed by atoms with Gasteiger partial charge in [-0.1, -0.05) is 188 Å². The van der Waals surface area contributed by atoms with Crippen LogP contribution in [0.5, 0.6) is 0 Å². The maximum absolute atomic E-state index is 2.38. The van der Waals surface area contributed by atoms with Crippen LogP contribution in [-0.4, -0.2) is 4.57 Å². The molecule has 0 saturated carbocycles. The third-order valence-corrected chi connectivity index (χ3v) is 10.6. The average molecular weight is 674 g/mol. The van der Waals surface area contributed by atoms with Gasteiger partial charge in [-0.2, -0.15) is 0 Å². The Morgan fingerprint density at radius 1 is 0.264 bits per heavy atom. The number of aromatic nitrogens is 1. The number of hydrogen-bond donors (Lipinski definition) is 0. The minimum Gasteiger partial charge on any atom is -0.309 e. The molecule has 1 aromatic heterocycles. The zero-order chi connectivity index (χ0) is 35.1. The van der Waals surface area contributed by atoms with E-state index in [-0.39, 0.29) is 0 Å². The minimum atomic E-state index is 1.16. The molecule has 53 heavy (non-hydrogen) atoms. The molecule has 9 aromatic carbocycles. The maximum atomic E-state index is 2.38. The molecule has 248 valence electrons. The van der Waals surface area contributed by atoms with E-state index in [0.717, 1.165) is 5.69 Å². The fourth-order valence-electron chi connectivity index (χ4n) is 8.10. The standard InChI is InChI=1S/C52H35N/c1-2-12-38(13-3-1)39-28-24-36(25-29-39)22-23-37-26-30-40(31-27-37)51-45-16-4-6-18-47(45)52(48-19-7-5-17-46(48)51)41-32-34-42(35-33-41)53-49-20-10-8-14-43(49)44-15-9-11-21-50(44)53/h1-35H/b23-22+. The summed E-state index contributed by atoms with van der Waals surface area (Å²) >= 11 is 0. The molecule has 0 radical (unpaired) electrons. The van der Waals surface area contributed by atoms with Crippen molar-refractivity contribution in [2.45, 2.75) is 0 Å². The molecule has 0 aliphatic heterocycles. The molecule has 0 unspecified atom stereocenters. The molecule has 0 spiro atoms. The van der Waals surface area contributed by atoms with Crippen molar-refractivity contribution in [1.29, 1.82) is 0 Å². The van der Waals surface area contributed by atoms with Crippen LogP contribution in [0.25, 0.3) is 94.6 Å². The van der Waals surface area contributed by atoms with E-state index in [1.165, 1.54) is 87.9 Å². The third-order valence-electron chi connectivity index (χ3n) is 10.6. The monoisotopic (exact) mass is 673 g/mol. The number of benzene rings is 9. The zero-order valence-electron chi connectivity index (χ0n) is 29.2. The summed E-state index contributed by atoms with van der Waals surface area (Å²) in [6, 6.07) is 72.6. The summed E-state index contributed by atoms with van der Waals surface area (Å²) in [5.74, 6) is 0. The third kappa shape index (κ3) is 5.42. The van der Waals surface area contributed by atoms with E-state index in [0.29, 0.717) is 0 Å². The predicted octanol–water partition coefficient (Wildman–Crippen LogP) is 14.3. The van der Waals surface area contributed by atoms with Gasteiger partial charge in [0.05, 0.1) is 11.0 Å². The molecule has 0 aliphatic rings. The molecule has 0 amide bonds. The fraction of sp³-hybridized carbons (Fsp3) is 0. The van der Waals surface area contributed by atoms with Gasteiger partial charge in [-0.15, -0.1) is 0 Å². The number of nitrogens with zero attached hydrogens (tertiary/aromatic N) is 1. The molecule has 0 saturated heterocycles. The molecule has 0 bridgehead atoms. The van der Waals surface area contributed by atoms with Gasteiger partial charge in [0, 0.05) is 16.5 Å². The molecule has 0 N–H and O–H groups in total. The highest BCUT2D eigenvalue weighted by molar-refractivity contribution is 6.21. The largest absolute Gasteiger partial charge is 0.309 e. The maximum Gasteiger partial charge on any atom is 0.0541 e. The van der Waals surface area contributed by atoms with E-state index in [1.54, 1.807) is 0 Å². The first-order valence-electron chi connectivity index (χ1n) is 18.3. The molecular formula is C52H35N. The van der Waals surface area contributed by atoms with Gasteiger partial charge in [0.2, 0.25) is 0 Å². The molecular weight excluding hydrogens is 639 g/mol. The Morgan fingerprint density at radius 2 is 0.604 bits per heavy atom. The van der Waals surface area contributed by atoms with E-state index >= 15 is 0 Å². The first-order valence-corrected chi connectivity index (χ1v) is 18.3. The number of para-hydroxylation sites is 2. The molecule has 1 heterocycles. The van der Waals surface area contributed by atoms with Gasteiger partial charge in [0.1, 0.15) is 0 Å². The Morgan fingerprint density at radius 3 is 1.06 bits per heavy atom. The van der Waals surface area contributed by atoms with Crippen molar-refractivity contribution in [2.75, 3.05) is 0 Å². The van der Waals surface area contributed by atoms with Crippen molar-refractivity contribution in [3.63, 3.8) is 0 Å². The Labute approximate surface area is 309 Å². The van der Waals surface area contributed by atoms with Crippen molar-refractivity contribution in [3.8, 4) is 39.1 Å². The van der Waals surface area contributed by atoms with Gasteiger partial charge in [-0.05, 0) is 90.3 Å². The smallest absolute Gasteiger partial charge is 0.0541 e. The first-order chi connectivity index (χ1) is 26.3. The summed E-state index contributed by atoms with van der Waals surface area (Å²) < 4.78 is 2.38. The SMILES string of the molecule is C(=C\c1ccc(-c2c3ccccc3c(-c3ccc(-n4c5ccccc5c5ccccc54)cc3)c3ccccc23)cc1)/c1ccc(-c2ccccc2)cc1. The fourth-order valence-corrected chi connectivity index (χ4v) is 8.10. The quantitative estimate of drug-likeness (QED) is 0.122. The average Bonchev–Trinajstić information content (AvgIpc) is 3.57. The first kappa shape index (κ1) is 30.8. The van der Waals surface area contributed by atoms with Crippen LogP contribution in [0, 0.1) is 0 Å². The van der Waals surface area contributed by atoms with E-state index < -0.39 is 0 Å². The summed E-state index contributed by atoms with van der Waals surface area (Å²) in [6.45, 7) is 0. The van der Waals surface area contributed by atoms with Crippen LogP contribution in [0.1, 0.15) is 11.1 Å². The highest BCUT2D eigenvalue weighted by Gasteiger charge is 2.17. The van der Waals surface area contributed by atoms with Gasteiger partial charge < -0.3 is 4.57 Å². The summed E-state index contributed by atoms with van der Waals surface area (Å²) in [6.07, 6.45) is 4.39. The van der Waals surface area contributed by atoms with Gasteiger partial charge in [0.15, 0.2) is 0 Å². The Hall–Kier alpha value is -6.96. The van der Waals surface area contributed by atoms with Gasteiger partial charge >= 0.3 is 0 Å². The topological polar surface area (TPSA) is 4.93 Å². The molecule has 0 atom stereocenters. The lowest BCUT2D eigenvalue weighted by Crippen LogP contribution is -1.94. The normalized spacial score (nSPS) is 11.7. The van der Waals surface area contributed by atoms with Crippen LogP contribution in [0.15, 0.2) is 200 Å². The van der Waals surface area contributed by atoms with E-state index in [1.807, 2.05) is 0 Å². The lowest BCUT2D eigenvalue weighted by atomic mass is 9.86. The minimum absolute atomic E-state index is 1.16. The van der Waals surface area contributed by atoms with Crippen molar-refractivity contribution in [2.24, 2.45) is 0 Å².